The first-order valence-corrected chi connectivity index (χ1v) is 9.80. The third kappa shape index (κ3) is 3.95. The minimum atomic E-state index is 0.0284. The molecule has 2 heterocycles. The Morgan fingerprint density at radius 1 is 1.32 bits per heavy atom. The Bertz CT molecular complexity index is 744. The Kier molecular flexibility index (Phi) is 4.87. The molecule has 1 fully saturated rings. The highest BCUT2D eigenvalue weighted by Gasteiger charge is 2.28. The summed E-state index contributed by atoms with van der Waals surface area (Å²) in [6.07, 6.45) is 4.57. The van der Waals surface area contributed by atoms with Gasteiger partial charge in [0.2, 0.25) is 11.1 Å². The van der Waals surface area contributed by atoms with E-state index < -0.39 is 0 Å². The predicted molar refractivity (Wildman–Crippen MR) is 96.8 cm³/mol. The van der Waals surface area contributed by atoms with Gasteiger partial charge in [0.15, 0.2) is 0 Å². The van der Waals surface area contributed by atoms with Crippen LogP contribution in [0.5, 0.6) is 0 Å². The van der Waals surface area contributed by atoms with Gasteiger partial charge in [-0.05, 0) is 47.7 Å². The molecule has 1 amide bonds. The normalized spacial score (nSPS) is 16.6. The molecule has 1 aliphatic carbocycles. The van der Waals surface area contributed by atoms with Crippen LogP contribution in [0.15, 0.2) is 29.4 Å². The molecule has 0 spiro atoms. The minimum absolute atomic E-state index is 0.0284. The summed E-state index contributed by atoms with van der Waals surface area (Å²) in [6, 6.07) is 8.97. The van der Waals surface area contributed by atoms with E-state index in [-0.39, 0.29) is 5.91 Å². The van der Waals surface area contributed by atoms with Crippen LogP contribution in [0.2, 0.25) is 0 Å². The molecule has 2 aromatic rings. The number of thioether (sulfide) groups is 1. The molecule has 132 valence electrons. The lowest BCUT2D eigenvalue weighted by atomic mass is 10.0. The van der Waals surface area contributed by atoms with E-state index in [1.165, 1.54) is 29.4 Å². The molecular weight excluding hydrogens is 336 g/mol. The van der Waals surface area contributed by atoms with E-state index in [1.807, 2.05) is 4.68 Å². The molecule has 2 aliphatic rings. The maximum absolute atomic E-state index is 12.1. The zero-order valence-electron chi connectivity index (χ0n) is 14.1. The Morgan fingerprint density at radius 3 is 3.08 bits per heavy atom. The number of amides is 1. The van der Waals surface area contributed by atoms with Crippen LogP contribution in [0, 0.1) is 0 Å². The predicted octanol–water partition coefficient (Wildman–Crippen LogP) is 1.67. The number of benzene rings is 1. The lowest BCUT2D eigenvalue weighted by Gasteiger charge is -2.31. The molecule has 0 saturated heterocycles. The smallest absolute Gasteiger partial charge is 0.230 e. The highest BCUT2D eigenvalue weighted by atomic mass is 32.2. The minimum Gasteiger partial charge on any atom is -0.370 e. The summed E-state index contributed by atoms with van der Waals surface area (Å²) in [7, 11) is 0. The first-order valence-electron chi connectivity index (χ1n) is 8.81. The lowest BCUT2D eigenvalue weighted by Crippen LogP contribution is -2.38. The third-order valence-corrected chi connectivity index (χ3v) is 5.53. The van der Waals surface area contributed by atoms with Crippen LogP contribution in [-0.2, 0) is 11.2 Å². The van der Waals surface area contributed by atoms with E-state index in [0.717, 1.165) is 37.5 Å². The zero-order valence-corrected chi connectivity index (χ0v) is 14.9. The van der Waals surface area contributed by atoms with Gasteiger partial charge in [-0.25, -0.2) is 4.68 Å². The molecule has 1 saturated carbocycles. The van der Waals surface area contributed by atoms with E-state index in [9.17, 15) is 4.79 Å². The summed E-state index contributed by atoms with van der Waals surface area (Å²) in [6.45, 7) is 2.55. The summed E-state index contributed by atoms with van der Waals surface area (Å²) >= 11 is 1.41. The number of hydrogen-bond acceptors (Lipinski definition) is 6. The molecule has 0 radical (unpaired) electrons. The SMILES string of the molecule is O=C(CSc1nnnn1C1CC1)NCCN1CCCc2ccccc21. The van der Waals surface area contributed by atoms with Gasteiger partial charge in [-0.1, -0.05) is 30.0 Å². The molecule has 1 aromatic heterocycles. The second-order valence-electron chi connectivity index (χ2n) is 6.50. The largest absolute Gasteiger partial charge is 0.370 e. The van der Waals surface area contributed by atoms with Crippen molar-refractivity contribution in [1.29, 1.82) is 0 Å². The van der Waals surface area contributed by atoms with Crippen LogP contribution >= 0.6 is 11.8 Å². The van der Waals surface area contributed by atoms with Gasteiger partial charge in [0.05, 0.1) is 11.8 Å². The second kappa shape index (κ2) is 7.43. The fourth-order valence-corrected chi connectivity index (χ4v) is 3.96. The summed E-state index contributed by atoms with van der Waals surface area (Å²) in [5.41, 5.74) is 2.71. The van der Waals surface area contributed by atoms with E-state index in [2.05, 4.69) is 50.0 Å². The average molecular weight is 358 g/mol. The Morgan fingerprint density at radius 2 is 2.20 bits per heavy atom. The number of hydrogen-bond donors (Lipinski definition) is 1. The molecule has 1 N–H and O–H groups in total. The molecule has 4 rings (SSSR count). The van der Waals surface area contributed by atoms with Crippen LogP contribution in [0.1, 0.15) is 30.9 Å². The van der Waals surface area contributed by atoms with Gasteiger partial charge in [0, 0.05) is 25.3 Å². The second-order valence-corrected chi connectivity index (χ2v) is 7.44. The van der Waals surface area contributed by atoms with Crippen molar-refractivity contribution >= 4 is 23.4 Å². The van der Waals surface area contributed by atoms with Gasteiger partial charge in [-0.2, -0.15) is 0 Å². The van der Waals surface area contributed by atoms with Crippen molar-refractivity contribution in [3.8, 4) is 0 Å². The molecule has 25 heavy (non-hydrogen) atoms. The monoisotopic (exact) mass is 358 g/mol. The first-order chi connectivity index (χ1) is 12.3. The summed E-state index contributed by atoms with van der Waals surface area (Å²) in [5, 5.41) is 15.5. The van der Waals surface area contributed by atoms with Crippen molar-refractivity contribution in [2.24, 2.45) is 0 Å². The molecule has 1 aliphatic heterocycles. The van der Waals surface area contributed by atoms with Crippen molar-refractivity contribution in [3.05, 3.63) is 29.8 Å². The van der Waals surface area contributed by atoms with Crippen LogP contribution in [0.4, 0.5) is 5.69 Å². The van der Waals surface area contributed by atoms with Crippen LogP contribution in [0.25, 0.3) is 0 Å². The number of para-hydroxylation sites is 1. The maximum Gasteiger partial charge on any atom is 0.230 e. The Balaban J connectivity index is 1.22. The van der Waals surface area contributed by atoms with Crippen molar-refractivity contribution in [3.63, 3.8) is 0 Å². The van der Waals surface area contributed by atoms with Crippen LogP contribution in [0.3, 0.4) is 0 Å². The summed E-state index contributed by atoms with van der Waals surface area (Å²) in [4.78, 5) is 14.5. The number of anilines is 1. The quantitative estimate of drug-likeness (QED) is 0.759. The average Bonchev–Trinajstić information content (AvgIpc) is 3.38. The number of aromatic nitrogens is 4. The molecule has 7 nitrogen and oxygen atoms in total. The van der Waals surface area contributed by atoms with Gasteiger partial charge in [-0.15, -0.1) is 5.10 Å². The van der Waals surface area contributed by atoms with Crippen molar-refractivity contribution in [2.75, 3.05) is 30.3 Å². The third-order valence-electron chi connectivity index (χ3n) is 4.60. The highest BCUT2D eigenvalue weighted by Crippen LogP contribution is 2.36. The zero-order chi connectivity index (χ0) is 17.1. The number of fused-ring (bicyclic) bond motifs is 1. The fourth-order valence-electron chi connectivity index (χ4n) is 3.18. The van der Waals surface area contributed by atoms with Gasteiger partial charge >= 0.3 is 0 Å². The van der Waals surface area contributed by atoms with Crippen LogP contribution in [-0.4, -0.2) is 51.5 Å². The number of tetrazole rings is 1. The number of nitrogens with zero attached hydrogens (tertiary/aromatic N) is 5. The van der Waals surface area contributed by atoms with E-state index in [4.69, 9.17) is 0 Å². The Hall–Kier alpha value is -2.09. The van der Waals surface area contributed by atoms with Crippen molar-refractivity contribution < 1.29 is 4.79 Å². The summed E-state index contributed by atoms with van der Waals surface area (Å²) in [5.74, 6) is 0.379. The number of carbonyl (C=O) groups excluding carboxylic acids is 1. The maximum atomic E-state index is 12.1. The van der Waals surface area contributed by atoms with Crippen molar-refractivity contribution in [1.82, 2.24) is 25.5 Å². The highest BCUT2D eigenvalue weighted by molar-refractivity contribution is 7.99. The Labute approximate surface area is 151 Å². The topological polar surface area (TPSA) is 75.9 Å². The van der Waals surface area contributed by atoms with Gasteiger partial charge in [0.1, 0.15) is 0 Å². The van der Waals surface area contributed by atoms with Crippen LogP contribution < -0.4 is 10.2 Å². The number of carbonyl (C=O) groups is 1. The molecular formula is C17H22N6OS. The first kappa shape index (κ1) is 16.4. The van der Waals surface area contributed by atoms with E-state index in [1.54, 1.807) is 0 Å². The molecule has 0 bridgehead atoms. The van der Waals surface area contributed by atoms with Crippen molar-refractivity contribution in [2.45, 2.75) is 36.9 Å². The lowest BCUT2D eigenvalue weighted by molar-refractivity contribution is -0.118. The van der Waals surface area contributed by atoms with E-state index in [0.29, 0.717) is 18.3 Å². The molecule has 1 aromatic carbocycles. The fraction of sp³-hybridized carbons (Fsp3) is 0.529. The van der Waals surface area contributed by atoms with Gasteiger partial charge < -0.3 is 10.2 Å². The standard InChI is InChI=1S/C17H22N6OS/c24-16(12-25-17-19-20-21-23(17)14-7-8-14)18-9-11-22-10-3-5-13-4-1-2-6-15(13)22/h1-2,4,6,14H,3,5,7-12H2,(H,18,24). The number of rotatable bonds is 7. The number of nitrogens with one attached hydrogen (secondary N) is 1. The molecule has 8 heteroatoms. The number of aryl methyl sites for hydroxylation is 1. The van der Waals surface area contributed by atoms with Gasteiger partial charge in [-0.3, -0.25) is 4.79 Å². The molecule has 0 unspecified atom stereocenters. The molecule has 0 atom stereocenters. The van der Waals surface area contributed by atoms with Gasteiger partial charge in [0.25, 0.3) is 0 Å². The van der Waals surface area contributed by atoms with E-state index >= 15 is 0 Å². The summed E-state index contributed by atoms with van der Waals surface area (Å²) < 4.78 is 1.84.